The zero-order valence-corrected chi connectivity index (χ0v) is 21.7. The minimum atomic E-state index is -1.21. The summed E-state index contributed by atoms with van der Waals surface area (Å²) in [5.41, 5.74) is 7.49. The summed E-state index contributed by atoms with van der Waals surface area (Å²) in [6.07, 6.45) is 0.261. The maximum Gasteiger partial charge on any atom is 0.326 e. The molecule has 0 bridgehead atoms. The molecule has 0 aliphatic rings. The Balaban J connectivity index is 2.01. The number of nitrogens with two attached hydrogens (primary N) is 1. The summed E-state index contributed by atoms with van der Waals surface area (Å²) >= 11 is 4.14. The quantitative estimate of drug-likeness (QED) is 0.186. The molecule has 200 valence electrons. The first-order chi connectivity index (χ1) is 17.5. The van der Waals surface area contributed by atoms with Crippen LogP contribution in [-0.4, -0.2) is 63.8 Å². The van der Waals surface area contributed by atoms with Crippen LogP contribution < -0.4 is 21.7 Å². The van der Waals surface area contributed by atoms with Gasteiger partial charge in [-0.05, 0) is 35.6 Å². The van der Waals surface area contributed by atoms with Gasteiger partial charge in [-0.1, -0.05) is 56.3 Å². The predicted molar refractivity (Wildman–Crippen MR) is 142 cm³/mol. The van der Waals surface area contributed by atoms with Crippen molar-refractivity contribution in [2.24, 2.45) is 11.7 Å². The number of carbonyl (C=O) groups is 4. The highest BCUT2D eigenvalue weighted by Crippen LogP contribution is 2.12. The van der Waals surface area contributed by atoms with Gasteiger partial charge in [-0.3, -0.25) is 14.4 Å². The van der Waals surface area contributed by atoms with Crippen LogP contribution in [0.3, 0.4) is 0 Å². The summed E-state index contributed by atoms with van der Waals surface area (Å²) in [4.78, 5) is 50.2. The van der Waals surface area contributed by atoms with E-state index in [1.165, 1.54) is 12.1 Å². The normalized spacial score (nSPS) is 14.2. The second-order valence-corrected chi connectivity index (χ2v) is 9.41. The molecule has 4 atom stereocenters. The Labute approximate surface area is 221 Å². The monoisotopic (exact) mass is 530 g/mol. The lowest BCUT2D eigenvalue weighted by molar-refractivity contribution is -0.142. The number of hydrogen-bond donors (Lipinski definition) is 7. The van der Waals surface area contributed by atoms with Gasteiger partial charge in [0.25, 0.3) is 0 Å². The van der Waals surface area contributed by atoms with Gasteiger partial charge in [-0.15, -0.1) is 0 Å². The molecular formula is C26H34N4O6S. The smallest absolute Gasteiger partial charge is 0.326 e. The molecule has 0 saturated carbocycles. The number of carbonyl (C=O) groups excluding carboxylic acids is 3. The Morgan fingerprint density at radius 1 is 0.811 bits per heavy atom. The molecule has 2 aromatic carbocycles. The highest BCUT2D eigenvalue weighted by Gasteiger charge is 2.31. The summed E-state index contributed by atoms with van der Waals surface area (Å²) in [6.45, 7) is 3.46. The van der Waals surface area contributed by atoms with Gasteiger partial charge in [0.2, 0.25) is 17.7 Å². The number of nitrogens with one attached hydrogen (secondary N) is 3. The van der Waals surface area contributed by atoms with Crippen LogP contribution in [0.2, 0.25) is 0 Å². The maximum absolute atomic E-state index is 13.0. The zero-order chi connectivity index (χ0) is 27.5. The summed E-state index contributed by atoms with van der Waals surface area (Å²) in [6, 6.07) is 10.8. The fourth-order valence-electron chi connectivity index (χ4n) is 3.55. The van der Waals surface area contributed by atoms with Crippen molar-refractivity contribution in [1.29, 1.82) is 0 Å². The summed E-state index contributed by atoms with van der Waals surface area (Å²) in [5, 5.41) is 26.6. The topological polar surface area (TPSA) is 171 Å². The second kappa shape index (κ2) is 14.2. The van der Waals surface area contributed by atoms with Gasteiger partial charge < -0.3 is 31.9 Å². The highest BCUT2D eigenvalue weighted by atomic mass is 32.1. The fourth-order valence-corrected chi connectivity index (χ4v) is 3.81. The lowest BCUT2D eigenvalue weighted by Gasteiger charge is -2.26. The van der Waals surface area contributed by atoms with E-state index in [-0.39, 0.29) is 30.3 Å². The van der Waals surface area contributed by atoms with Crippen LogP contribution in [0, 0.1) is 5.92 Å². The van der Waals surface area contributed by atoms with Gasteiger partial charge >= 0.3 is 5.97 Å². The van der Waals surface area contributed by atoms with Gasteiger partial charge in [-0.25, -0.2) is 4.79 Å². The molecule has 4 unspecified atom stereocenters. The number of carboxylic acids is 1. The van der Waals surface area contributed by atoms with E-state index >= 15 is 0 Å². The lowest BCUT2D eigenvalue weighted by Crippen LogP contribution is -2.59. The van der Waals surface area contributed by atoms with Crippen LogP contribution >= 0.6 is 12.6 Å². The Morgan fingerprint density at radius 2 is 1.38 bits per heavy atom. The van der Waals surface area contributed by atoms with Crippen LogP contribution in [0.5, 0.6) is 5.75 Å². The van der Waals surface area contributed by atoms with Crippen molar-refractivity contribution in [2.75, 3.05) is 5.75 Å². The number of hydrogen-bond acceptors (Lipinski definition) is 7. The number of thiol groups is 1. The Kier molecular flexibility index (Phi) is 11.4. The number of aliphatic carboxylic acids is 1. The van der Waals surface area contributed by atoms with Crippen molar-refractivity contribution in [3.05, 3.63) is 65.7 Å². The van der Waals surface area contributed by atoms with Crippen molar-refractivity contribution in [2.45, 2.75) is 50.9 Å². The molecule has 0 aromatic heterocycles. The molecule has 10 nitrogen and oxygen atoms in total. The average molecular weight is 531 g/mol. The average Bonchev–Trinajstić information content (AvgIpc) is 2.86. The van der Waals surface area contributed by atoms with Gasteiger partial charge in [0.15, 0.2) is 0 Å². The van der Waals surface area contributed by atoms with E-state index in [0.717, 1.165) is 11.1 Å². The lowest BCUT2D eigenvalue weighted by atomic mass is 10.0. The molecule has 7 N–H and O–H groups in total. The molecule has 3 amide bonds. The molecule has 0 radical (unpaired) electrons. The largest absolute Gasteiger partial charge is 0.508 e. The third kappa shape index (κ3) is 9.43. The third-order valence-electron chi connectivity index (χ3n) is 5.69. The summed E-state index contributed by atoms with van der Waals surface area (Å²) in [7, 11) is 0. The molecule has 2 rings (SSSR count). The molecular weight excluding hydrogens is 496 g/mol. The second-order valence-electron chi connectivity index (χ2n) is 9.04. The van der Waals surface area contributed by atoms with E-state index in [1.807, 2.05) is 0 Å². The van der Waals surface area contributed by atoms with Crippen molar-refractivity contribution in [3.63, 3.8) is 0 Å². The first kappa shape index (κ1) is 29.7. The third-order valence-corrected chi connectivity index (χ3v) is 6.05. The molecule has 11 heteroatoms. The highest BCUT2D eigenvalue weighted by molar-refractivity contribution is 7.80. The summed E-state index contributed by atoms with van der Waals surface area (Å²) in [5.74, 6) is -3.42. The fraction of sp³-hybridized carbons (Fsp3) is 0.385. The first-order valence-electron chi connectivity index (χ1n) is 11.8. The molecule has 37 heavy (non-hydrogen) atoms. The Morgan fingerprint density at radius 3 is 1.92 bits per heavy atom. The van der Waals surface area contributed by atoms with E-state index in [0.29, 0.717) is 0 Å². The van der Waals surface area contributed by atoms with Crippen LogP contribution in [0.4, 0.5) is 0 Å². The number of phenols is 1. The number of phenolic OH excluding ortho intramolecular Hbond substituents is 1. The van der Waals surface area contributed by atoms with Crippen molar-refractivity contribution >= 4 is 36.3 Å². The molecule has 0 aliphatic carbocycles. The molecule has 0 fully saturated rings. The number of benzene rings is 2. The van der Waals surface area contributed by atoms with E-state index in [2.05, 4.69) is 28.6 Å². The molecule has 2 aromatic rings. The number of aromatic hydroxyl groups is 1. The van der Waals surface area contributed by atoms with E-state index < -0.39 is 47.9 Å². The number of rotatable bonds is 13. The van der Waals surface area contributed by atoms with Gasteiger partial charge in [0.05, 0.1) is 6.04 Å². The number of amides is 3. The van der Waals surface area contributed by atoms with E-state index in [9.17, 15) is 29.4 Å². The molecule has 0 heterocycles. The standard InChI is InChI=1S/C26H34N4O6S/c1-15(2)22(30-23(32)19(27)12-17-8-10-18(31)11-9-17)25(34)29-21(14-37)24(33)28-20(26(35)36)13-16-6-4-3-5-7-16/h3-11,15,19-22,31,37H,12-14,27H2,1-2H3,(H,28,33)(H,29,34)(H,30,32)(H,35,36). The van der Waals surface area contributed by atoms with E-state index in [4.69, 9.17) is 5.73 Å². The van der Waals surface area contributed by atoms with Crippen LogP contribution in [-0.2, 0) is 32.0 Å². The minimum absolute atomic E-state index is 0.0682. The first-order valence-corrected chi connectivity index (χ1v) is 12.5. The van der Waals surface area contributed by atoms with Crippen LogP contribution in [0.25, 0.3) is 0 Å². The van der Waals surface area contributed by atoms with Crippen molar-refractivity contribution in [1.82, 2.24) is 16.0 Å². The SMILES string of the molecule is CC(C)C(NC(=O)C(N)Cc1ccc(O)cc1)C(=O)NC(CS)C(=O)NC(Cc1ccccc1)C(=O)O. The van der Waals surface area contributed by atoms with Crippen LogP contribution in [0.1, 0.15) is 25.0 Å². The van der Waals surface area contributed by atoms with Crippen molar-refractivity contribution in [3.8, 4) is 5.75 Å². The van der Waals surface area contributed by atoms with Crippen LogP contribution in [0.15, 0.2) is 54.6 Å². The Hall–Kier alpha value is -3.57. The van der Waals surface area contributed by atoms with Crippen molar-refractivity contribution < 1.29 is 29.4 Å². The maximum atomic E-state index is 13.0. The zero-order valence-electron chi connectivity index (χ0n) is 20.8. The molecule has 0 aliphatic heterocycles. The molecule has 0 spiro atoms. The van der Waals surface area contributed by atoms with Gasteiger partial charge in [0.1, 0.15) is 23.9 Å². The van der Waals surface area contributed by atoms with E-state index in [1.54, 1.807) is 56.3 Å². The minimum Gasteiger partial charge on any atom is -0.508 e. The predicted octanol–water partition coefficient (Wildman–Crippen LogP) is 0.630. The van der Waals surface area contributed by atoms with Gasteiger partial charge in [0, 0.05) is 12.2 Å². The van der Waals surface area contributed by atoms with Gasteiger partial charge in [-0.2, -0.15) is 12.6 Å². The summed E-state index contributed by atoms with van der Waals surface area (Å²) < 4.78 is 0. The number of carboxylic acid groups (broad SMARTS) is 1. The Bertz CT molecular complexity index is 1060. The molecule has 0 saturated heterocycles.